The fourth-order valence-corrected chi connectivity index (χ4v) is 2.95. The fraction of sp³-hybridized carbons (Fsp3) is 0.571. The number of methoxy groups -OCH3 is 1. The highest BCUT2D eigenvalue weighted by atomic mass is 16.5. The van der Waals surface area contributed by atoms with Gasteiger partial charge in [-0.05, 0) is 37.0 Å². The van der Waals surface area contributed by atoms with Crippen molar-refractivity contribution in [1.29, 1.82) is 0 Å². The second kappa shape index (κ2) is 4.78. The van der Waals surface area contributed by atoms with Gasteiger partial charge >= 0.3 is 0 Å². The molecular formula is C14H19NO3. The SMILES string of the molecule is COc1ccc(CNC2CC3CCC2O3)cc1O. The number of benzene rings is 1. The molecular weight excluding hydrogens is 230 g/mol. The monoisotopic (exact) mass is 249 g/mol. The summed E-state index contributed by atoms with van der Waals surface area (Å²) in [7, 11) is 1.56. The topological polar surface area (TPSA) is 50.7 Å². The Labute approximate surface area is 107 Å². The van der Waals surface area contributed by atoms with Gasteiger partial charge in [0.05, 0.1) is 19.3 Å². The zero-order valence-corrected chi connectivity index (χ0v) is 10.6. The maximum Gasteiger partial charge on any atom is 0.160 e. The van der Waals surface area contributed by atoms with E-state index in [1.807, 2.05) is 6.07 Å². The van der Waals surface area contributed by atoms with E-state index in [4.69, 9.17) is 9.47 Å². The molecule has 2 N–H and O–H groups in total. The molecule has 2 saturated heterocycles. The number of aromatic hydroxyl groups is 1. The Balaban J connectivity index is 1.58. The van der Waals surface area contributed by atoms with Gasteiger partial charge in [0.25, 0.3) is 0 Å². The van der Waals surface area contributed by atoms with Crippen LogP contribution in [0.4, 0.5) is 0 Å². The van der Waals surface area contributed by atoms with Gasteiger partial charge in [-0.2, -0.15) is 0 Å². The van der Waals surface area contributed by atoms with Crippen LogP contribution >= 0.6 is 0 Å². The molecule has 0 aromatic heterocycles. The highest BCUT2D eigenvalue weighted by Gasteiger charge is 2.40. The number of phenols is 1. The lowest BCUT2D eigenvalue weighted by atomic mass is 9.95. The fourth-order valence-electron chi connectivity index (χ4n) is 2.95. The molecule has 98 valence electrons. The zero-order chi connectivity index (χ0) is 12.5. The van der Waals surface area contributed by atoms with Crippen LogP contribution in [0.25, 0.3) is 0 Å². The van der Waals surface area contributed by atoms with Crippen molar-refractivity contribution in [3.63, 3.8) is 0 Å². The molecule has 18 heavy (non-hydrogen) atoms. The van der Waals surface area contributed by atoms with E-state index in [0.717, 1.165) is 18.5 Å². The van der Waals surface area contributed by atoms with Gasteiger partial charge in [-0.25, -0.2) is 0 Å². The number of hydrogen-bond donors (Lipinski definition) is 2. The molecule has 4 nitrogen and oxygen atoms in total. The van der Waals surface area contributed by atoms with Crippen LogP contribution in [-0.2, 0) is 11.3 Å². The summed E-state index contributed by atoms with van der Waals surface area (Å²) >= 11 is 0. The summed E-state index contributed by atoms with van der Waals surface area (Å²) in [5, 5.41) is 13.2. The highest BCUT2D eigenvalue weighted by Crippen LogP contribution is 2.34. The number of fused-ring (bicyclic) bond motifs is 2. The molecule has 0 saturated carbocycles. The Bertz CT molecular complexity index is 435. The number of nitrogens with one attached hydrogen (secondary N) is 1. The summed E-state index contributed by atoms with van der Waals surface area (Å²) < 4.78 is 10.8. The highest BCUT2D eigenvalue weighted by molar-refractivity contribution is 5.41. The standard InChI is InChI=1S/C14H19NO3/c1-17-14-4-2-9(6-12(14)16)8-15-11-7-10-3-5-13(11)18-10/h2,4,6,10-11,13,15-16H,3,5,7-8H2,1H3. The molecule has 1 aromatic rings. The normalized spacial score (nSPS) is 29.7. The van der Waals surface area contributed by atoms with Gasteiger partial charge in [0.15, 0.2) is 11.5 Å². The molecule has 0 amide bonds. The van der Waals surface area contributed by atoms with Crippen LogP contribution in [0.3, 0.4) is 0 Å². The molecule has 2 fully saturated rings. The van der Waals surface area contributed by atoms with Crippen LogP contribution in [0.2, 0.25) is 0 Å². The van der Waals surface area contributed by atoms with Crippen LogP contribution in [0.5, 0.6) is 11.5 Å². The van der Waals surface area contributed by atoms with E-state index in [0.29, 0.717) is 24.0 Å². The molecule has 0 radical (unpaired) electrons. The average Bonchev–Trinajstić information content (AvgIpc) is 2.98. The van der Waals surface area contributed by atoms with E-state index >= 15 is 0 Å². The van der Waals surface area contributed by atoms with Crippen LogP contribution in [0.1, 0.15) is 24.8 Å². The van der Waals surface area contributed by atoms with Crippen molar-refractivity contribution in [3.8, 4) is 11.5 Å². The first kappa shape index (κ1) is 11.8. The summed E-state index contributed by atoms with van der Waals surface area (Å²) in [6.07, 6.45) is 4.37. The van der Waals surface area contributed by atoms with E-state index in [9.17, 15) is 5.11 Å². The molecule has 2 bridgehead atoms. The molecule has 0 spiro atoms. The van der Waals surface area contributed by atoms with Crippen LogP contribution < -0.4 is 10.1 Å². The lowest BCUT2D eigenvalue weighted by Gasteiger charge is -2.20. The maximum absolute atomic E-state index is 9.71. The summed E-state index contributed by atoms with van der Waals surface area (Å²) in [6, 6.07) is 5.98. The van der Waals surface area contributed by atoms with E-state index in [1.54, 1.807) is 19.2 Å². The third kappa shape index (κ3) is 2.18. The van der Waals surface area contributed by atoms with Crippen molar-refractivity contribution >= 4 is 0 Å². The molecule has 2 aliphatic heterocycles. The van der Waals surface area contributed by atoms with Crippen LogP contribution in [0, 0.1) is 0 Å². The number of phenolic OH excluding ortho intramolecular Hbond substituents is 1. The number of rotatable bonds is 4. The summed E-state index contributed by atoms with van der Waals surface area (Å²) in [6.45, 7) is 0.759. The lowest BCUT2D eigenvalue weighted by molar-refractivity contribution is 0.0973. The van der Waals surface area contributed by atoms with Gasteiger partial charge in [-0.3, -0.25) is 0 Å². The Morgan fingerprint density at radius 2 is 2.33 bits per heavy atom. The van der Waals surface area contributed by atoms with Crippen molar-refractivity contribution in [1.82, 2.24) is 5.32 Å². The van der Waals surface area contributed by atoms with Crippen molar-refractivity contribution in [3.05, 3.63) is 23.8 Å². The first-order valence-corrected chi connectivity index (χ1v) is 6.51. The zero-order valence-electron chi connectivity index (χ0n) is 10.6. The Kier molecular flexibility index (Phi) is 3.14. The van der Waals surface area contributed by atoms with Crippen molar-refractivity contribution in [2.45, 2.75) is 44.1 Å². The molecule has 3 rings (SSSR count). The smallest absolute Gasteiger partial charge is 0.160 e. The second-order valence-corrected chi connectivity index (χ2v) is 5.10. The molecule has 3 atom stereocenters. The summed E-state index contributed by atoms with van der Waals surface area (Å²) in [4.78, 5) is 0. The predicted molar refractivity (Wildman–Crippen MR) is 67.8 cm³/mol. The number of ether oxygens (including phenoxy) is 2. The third-order valence-electron chi connectivity index (χ3n) is 3.92. The maximum atomic E-state index is 9.71. The predicted octanol–water partition coefficient (Wildman–Crippen LogP) is 1.81. The van der Waals surface area contributed by atoms with Gasteiger partial charge in [-0.1, -0.05) is 6.07 Å². The van der Waals surface area contributed by atoms with Gasteiger partial charge in [0.2, 0.25) is 0 Å². The Hall–Kier alpha value is -1.26. The minimum absolute atomic E-state index is 0.195. The van der Waals surface area contributed by atoms with E-state index in [-0.39, 0.29) is 5.75 Å². The molecule has 1 aromatic carbocycles. The lowest BCUT2D eigenvalue weighted by Crippen LogP contribution is -2.36. The third-order valence-corrected chi connectivity index (χ3v) is 3.92. The quantitative estimate of drug-likeness (QED) is 0.854. The van der Waals surface area contributed by atoms with Crippen LogP contribution in [0.15, 0.2) is 18.2 Å². The molecule has 2 heterocycles. The van der Waals surface area contributed by atoms with Gasteiger partial charge in [-0.15, -0.1) is 0 Å². The summed E-state index contributed by atoms with van der Waals surface area (Å²) in [5.41, 5.74) is 1.07. The molecule has 0 aliphatic carbocycles. The first-order chi connectivity index (χ1) is 8.76. The molecule has 3 unspecified atom stereocenters. The van der Waals surface area contributed by atoms with Crippen molar-refractivity contribution in [2.75, 3.05) is 7.11 Å². The molecule has 2 aliphatic rings. The van der Waals surface area contributed by atoms with Crippen LogP contribution in [-0.4, -0.2) is 30.5 Å². The van der Waals surface area contributed by atoms with Gasteiger partial charge in [0, 0.05) is 12.6 Å². The van der Waals surface area contributed by atoms with Crippen molar-refractivity contribution in [2.24, 2.45) is 0 Å². The van der Waals surface area contributed by atoms with E-state index in [1.165, 1.54) is 12.8 Å². The molecule has 4 heteroatoms. The minimum atomic E-state index is 0.195. The van der Waals surface area contributed by atoms with E-state index < -0.39 is 0 Å². The number of hydrogen-bond acceptors (Lipinski definition) is 4. The first-order valence-electron chi connectivity index (χ1n) is 6.51. The minimum Gasteiger partial charge on any atom is -0.504 e. The largest absolute Gasteiger partial charge is 0.504 e. The van der Waals surface area contributed by atoms with Crippen molar-refractivity contribution < 1.29 is 14.6 Å². The average molecular weight is 249 g/mol. The Morgan fingerprint density at radius 1 is 1.44 bits per heavy atom. The van der Waals surface area contributed by atoms with Gasteiger partial charge < -0.3 is 19.9 Å². The summed E-state index contributed by atoms with van der Waals surface area (Å²) in [5.74, 6) is 0.711. The van der Waals surface area contributed by atoms with E-state index in [2.05, 4.69) is 5.32 Å². The van der Waals surface area contributed by atoms with Gasteiger partial charge in [0.1, 0.15) is 0 Å². The second-order valence-electron chi connectivity index (χ2n) is 5.10. The Morgan fingerprint density at radius 3 is 2.94 bits per heavy atom.